The van der Waals surface area contributed by atoms with Crippen molar-refractivity contribution in [1.29, 1.82) is 0 Å². The van der Waals surface area contributed by atoms with Gasteiger partial charge < -0.3 is 0 Å². The van der Waals surface area contributed by atoms with Gasteiger partial charge in [0.2, 0.25) is 5.95 Å². The number of aryl methyl sites for hydroxylation is 1. The minimum Gasteiger partial charge on any atom is -0.267 e. The summed E-state index contributed by atoms with van der Waals surface area (Å²) >= 11 is 0. The van der Waals surface area contributed by atoms with Crippen molar-refractivity contribution in [2.45, 2.75) is 26.7 Å². The van der Waals surface area contributed by atoms with Crippen LogP contribution in [0, 0.1) is 12.9 Å². The maximum Gasteiger partial charge on any atom is 0.280 e. The van der Waals surface area contributed by atoms with Crippen LogP contribution in [0.2, 0.25) is 0 Å². The van der Waals surface area contributed by atoms with Gasteiger partial charge in [0, 0.05) is 0 Å². The number of nitrogens with zero attached hydrogens (tertiary/aromatic N) is 3. The Hall–Kier alpha value is -2.56. The van der Waals surface area contributed by atoms with E-state index in [1.165, 1.54) is 16.8 Å². The first-order valence-electron chi connectivity index (χ1n) is 7.14. The first kappa shape index (κ1) is 14.4. The molecule has 0 amide bonds. The first-order chi connectivity index (χ1) is 10.5. The molecule has 0 saturated carbocycles. The molecule has 0 atom stereocenters. The molecule has 5 heteroatoms. The lowest BCUT2D eigenvalue weighted by atomic mass is 10.1. The molecule has 4 nitrogen and oxygen atoms in total. The SMILES string of the molecule is Cc1ccccc1-n1nc(C(C)C)c2nc(F)ccc2c1=O. The minimum atomic E-state index is -0.607. The number of rotatable bonds is 2. The van der Waals surface area contributed by atoms with Crippen molar-refractivity contribution >= 4 is 10.9 Å². The van der Waals surface area contributed by atoms with Crippen molar-refractivity contribution in [2.24, 2.45) is 0 Å². The third-order valence-electron chi connectivity index (χ3n) is 3.62. The Morgan fingerprint density at radius 2 is 1.86 bits per heavy atom. The molecular formula is C17H16FN3O. The molecule has 2 aromatic heterocycles. The van der Waals surface area contributed by atoms with Gasteiger partial charge in [0.15, 0.2) is 0 Å². The second-order valence-corrected chi connectivity index (χ2v) is 5.57. The number of aromatic nitrogens is 3. The topological polar surface area (TPSA) is 47.8 Å². The van der Waals surface area contributed by atoms with Gasteiger partial charge in [0.1, 0.15) is 5.52 Å². The molecule has 0 bridgehead atoms. The standard InChI is InChI=1S/C17H16FN3O/c1-10(2)15-16-12(8-9-14(18)19-16)17(22)21(20-15)13-7-5-4-6-11(13)3/h4-10H,1-3H3. The number of halogens is 1. The maximum atomic E-state index is 13.5. The molecule has 2 heterocycles. The first-order valence-corrected chi connectivity index (χ1v) is 7.14. The zero-order chi connectivity index (χ0) is 15.9. The number of hydrogen-bond acceptors (Lipinski definition) is 3. The molecule has 0 unspecified atom stereocenters. The van der Waals surface area contributed by atoms with Gasteiger partial charge >= 0.3 is 0 Å². The molecule has 3 aromatic rings. The molecule has 0 aliphatic rings. The van der Waals surface area contributed by atoms with Gasteiger partial charge in [-0.2, -0.15) is 14.2 Å². The Balaban J connectivity index is 2.43. The average Bonchev–Trinajstić information content (AvgIpc) is 2.48. The molecule has 1 aromatic carbocycles. The quantitative estimate of drug-likeness (QED) is 0.681. The molecule has 0 radical (unpaired) electrons. The van der Waals surface area contributed by atoms with Crippen LogP contribution in [0.5, 0.6) is 0 Å². The predicted molar refractivity (Wildman–Crippen MR) is 83.9 cm³/mol. The highest BCUT2D eigenvalue weighted by Gasteiger charge is 2.16. The fourth-order valence-electron chi connectivity index (χ4n) is 2.47. The van der Waals surface area contributed by atoms with Gasteiger partial charge in [-0.3, -0.25) is 4.79 Å². The molecule has 22 heavy (non-hydrogen) atoms. The third kappa shape index (κ3) is 2.28. The lowest BCUT2D eigenvalue weighted by molar-refractivity contribution is 0.586. The smallest absolute Gasteiger partial charge is 0.267 e. The van der Waals surface area contributed by atoms with E-state index in [0.717, 1.165) is 11.3 Å². The van der Waals surface area contributed by atoms with Crippen LogP contribution in [-0.4, -0.2) is 14.8 Å². The third-order valence-corrected chi connectivity index (χ3v) is 3.62. The van der Waals surface area contributed by atoms with Crippen LogP contribution in [0.3, 0.4) is 0 Å². The summed E-state index contributed by atoms with van der Waals surface area (Å²) in [4.78, 5) is 16.6. The van der Waals surface area contributed by atoms with Gasteiger partial charge in [-0.1, -0.05) is 32.0 Å². The van der Waals surface area contributed by atoms with E-state index in [-0.39, 0.29) is 11.5 Å². The van der Waals surface area contributed by atoms with Crippen LogP contribution in [-0.2, 0) is 0 Å². The number of pyridine rings is 1. The molecule has 0 spiro atoms. The highest BCUT2D eigenvalue weighted by molar-refractivity contribution is 5.80. The highest BCUT2D eigenvalue weighted by Crippen LogP contribution is 2.21. The number of fused-ring (bicyclic) bond motifs is 1. The monoisotopic (exact) mass is 297 g/mol. The Bertz CT molecular complexity index is 915. The Kier molecular flexibility index (Phi) is 3.48. The molecule has 0 aliphatic heterocycles. The van der Waals surface area contributed by atoms with Gasteiger partial charge in [-0.15, -0.1) is 0 Å². The van der Waals surface area contributed by atoms with E-state index in [4.69, 9.17) is 0 Å². The zero-order valence-electron chi connectivity index (χ0n) is 12.7. The maximum absolute atomic E-state index is 13.5. The summed E-state index contributed by atoms with van der Waals surface area (Å²) in [5, 5.41) is 4.83. The summed E-state index contributed by atoms with van der Waals surface area (Å²) in [5.74, 6) is -0.586. The second kappa shape index (κ2) is 5.33. The second-order valence-electron chi connectivity index (χ2n) is 5.57. The van der Waals surface area contributed by atoms with E-state index in [9.17, 15) is 9.18 Å². The van der Waals surface area contributed by atoms with E-state index in [2.05, 4.69) is 10.1 Å². The van der Waals surface area contributed by atoms with Crippen molar-refractivity contribution < 1.29 is 4.39 Å². The van der Waals surface area contributed by atoms with Crippen LogP contribution < -0.4 is 5.56 Å². The lowest BCUT2D eigenvalue weighted by Crippen LogP contribution is -2.24. The summed E-state index contributed by atoms with van der Waals surface area (Å²) in [6.45, 7) is 5.81. The molecule has 3 rings (SSSR count). The summed E-state index contributed by atoms with van der Waals surface area (Å²) in [6.07, 6.45) is 0. The minimum absolute atomic E-state index is 0.0210. The number of hydrogen-bond donors (Lipinski definition) is 0. The summed E-state index contributed by atoms with van der Waals surface area (Å²) < 4.78 is 14.8. The highest BCUT2D eigenvalue weighted by atomic mass is 19.1. The van der Waals surface area contributed by atoms with Crippen LogP contribution in [0.15, 0.2) is 41.2 Å². The fraction of sp³-hybridized carbons (Fsp3) is 0.235. The van der Waals surface area contributed by atoms with Crippen molar-refractivity contribution in [2.75, 3.05) is 0 Å². The normalized spacial score (nSPS) is 11.3. The number of benzene rings is 1. The van der Waals surface area contributed by atoms with Gasteiger partial charge in [0.05, 0.1) is 16.8 Å². The van der Waals surface area contributed by atoms with E-state index >= 15 is 0 Å². The van der Waals surface area contributed by atoms with Crippen LogP contribution in [0.25, 0.3) is 16.6 Å². The van der Waals surface area contributed by atoms with E-state index in [1.54, 1.807) is 0 Å². The lowest BCUT2D eigenvalue weighted by Gasteiger charge is -2.13. The zero-order valence-corrected chi connectivity index (χ0v) is 12.7. The van der Waals surface area contributed by atoms with E-state index in [1.807, 2.05) is 45.0 Å². The molecular weight excluding hydrogens is 281 g/mol. The van der Waals surface area contributed by atoms with Crippen LogP contribution >= 0.6 is 0 Å². The predicted octanol–water partition coefficient (Wildman–Crippen LogP) is 3.35. The molecule has 0 fully saturated rings. The molecule has 0 N–H and O–H groups in total. The van der Waals surface area contributed by atoms with Crippen molar-refractivity contribution in [1.82, 2.24) is 14.8 Å². The van der Waals surface area contributed by atoms with Gasteiger partial charge in [0.25, 0.3) is 5.56 Å². The molecule has 0 saturated heterocycles. The largest absolute Gasteiger partial charge is 0.280 e. The molecule has 0 aliphatic carbocycles. The Morgan fingerprint density at radius 1 is 1.14 bits per heavy atom. The average molecular weight is 297 g/mol. The summed E-state index contributed by atoms with van der Waals surface area (Å²) in [6, 6.07) is 10.2. The van der Waals surface area contributed by atoms with Crippen molar-refractivity contribution in [3.05, 3.63) is 64.0 Å². The Labute approximate surface area is 127 Å². The summed E-state index contributed by atoms with van der Waals surface area (Å²) in [7, 11) is 0. The van der Waals surface area contributed by atoms with Gasteiger partial charge in [-0.25, -0.2) is 4.98 Å². The summed E-state index contributed by atoms with van der Waals surface area (Å²) in [5.41, 5.74) is 2.32. The van der Waals surface area contributed by atoms with Gasteiger partial charge in [-0.05, 0) is 36.6 Å². The van der Waals surface area contributed by atoms with Crippen molar-refractivity contribution in [3.8, 4) is 5.69 Å². The number of para-hydroxylation sites is 1. The van der Waals surface area contributed by atoms with E-state index in [0.29, 0.717) is 16.6 Å². The molecule has 112 valence electrons. The van der Waals surface area contributed by atoms with Crippen LogP contribution in [0.1, 0.15) is 31.0 Å². The van der Waals surface area contributed by atoms with Crippen LogP contribution in [0.4, 0.5) is 4.39 Å². The van der Waals surface area contributed by atoms with Crippen molar-refractivity contribution in [3.63, 3.8) is 0 Å². The van der Waals surface area contributed by atoms with E-state index < -0.39 is 5.95 Å². The Morgan fingerprint density at radius 3 is 2.55 bits per heavy atom. The fourth-order valence-corrected chi connectivity index (χ4v) is 2.47.